The van der Waals surface area contributed by atoms with Crippen molar-refractivity contribution < 1.29 is 0 Å². The molecule has 52 valence electrons. The zero-order valence-corrected chi connectivity index (χ0v) is 5.78. The lowest BCUT2D eigenvalue weighted by Gasteiger charge is -1.83. The van der Waals surface area contributed by atoms with Crippen LogP contribution in [0.5, 0.6) is 0 Å². The highest BCUT2D eigenvalue weighted by atomic mass is 14.7. The highest BCUT2D eigenvalue weighted by molar-refractivity contribution is 5.32. The minimum absolute atomic E-state index is 0.711. The molecule has 0 unspecified atom stereocenters. The Labute approximate surface area is 60.1 Å². The lowest BCUT2D eigenvalue weighted by molar-refractivity contribution is 1.33. The Balaban J connectivity index is 0.000000236. The van der Waals surface area contributed by atoms with Crippen molar-refractivity contribution in [3.05, 3.63) is 24.5 Å². The first-order chi connectivity index (χ1) is 4.81. The van der Waals surface area contributed by atoms with Crippen molar-refractivity contribution in [1.82, 2.24) is 4.98 Å². The lowest BCUT2D eigenvalue weighted by Crippen LogP contribution is -1.82. The summed E-state index contributed by atoms with van der Waals surface area (Å²) in [6.07, 6.45) is 3.30. The van der Waals surface area contributed by atoms with E-state index in [1.165, 1.54) is 6.92 Å². The van der Waals surface area contributed by atoms with Gasteiger partial charge in [0.05, 0.1) is 11.8 Å². The molecule has 2 N–H and O–H groups in total. The Kier molecular flexibility index (Phi) is 4.70. The fourth-order valence-electron chi connectivity index (χ4n) is 0.376. The van der Waals surface area contributed by atoms with Crippen molar-refractivity contribution in [2.24, 2.45) is 0 Å². The molecule has 0 atom stereocenters. The van der Waals surface area contributed by atoms with Crippen LogP contribution in [0.25, 0.3) is 0 Å². The van der Waals surface area contributed by atoms with Gasteiger partial charge >= 0.3 is 0 Å². The van der Waals surface area contributed by atoms with E-state index in [9.17, 15) is 0 Å². The van der Waals surface area contributed by atoms with Crippen LogP contribution in [-0.2, 0) is 0 Å². The Morgan fingerprint density at radius 3 is 2.50 bits per heavy atom. The van der Waals surface area contributed by atoms with Crippen LogP contribution in [0.15, 0.2) is 24.5 Å². The number of nitriles is 1. The fourth-order valence-corrected chi connectivity index (χ4v) is 0.376. The predicted octanol–water partition coefficient (Wildman–Crippen LogP) is 1.19. The first-order valence-electron chi connectivity index (χ1n) is 2.77. The van der Waals surface area contributed by atoms with Gasteiger partial charge in [0.15, 0.2) is 0 Å². The number of nitrogens with zero attached hydrogens (tertiary/aromatic N) is 2. The van der Waals surface area contributed by atoms with Gasteiger partial charge in [0.2, 0.25) is 0 Å². The van der Waals surface area contributed by atoms with E-state index in [1.807, 2.05) is 0 Å². The van der Waals surface area contributed by atoms with E-state index in [-0.39, 0.29) is 0 Å². The number of hydrogen-bond acceptors (Lipinski definition) is 3. The zero-order valence-electron chi connectivity index (χ0n) is 5.78. The van der Waals surface area contributed by atoms with Crippen LogP contribution in [-0.4, -0.2) is 4.98 Å². The van der Waals surface area contributed by atoms with Gasteiger partial charge in [-0.1, -0.05) is 0 Å². The Hall–Kier alpha value is -1.56. The van der Waals surface area contributed by atoms with Crippen LogP contribution in [0.3, 0.4) is 0 Å². The lowest BCUT2D eigenvalue weighted by atomic mass is 10.4. The number of nitrogens with two attached hydrogens (primary N) is 1. The van der Waals surface area contributed by atoms with E-state index >= 15 is 0 Å². The van der Waals surface area contributed by atoms with Crippen molar-refractivity contribution >= 4 is 5.69 Å². The van der Waals surface area contributed by atoms with Gasteiger partial charge in [-0.2, -0.15) is 5.26 Å². The largest absolute Gasteiger partial charge is 0.397 e. The van der Waals surface area contributed by atoms with Crippen LogP contribution >= 0.6 is 0 Å². The van der Waals surface area contributed by atoms with Gasteiger partial charge in [0.1, 0.15) is 0 Å². The van der Waals surface area contributed by atoms with Crippen LogP contribution < -0.4 is 5.73 Å². The van der Waals surface area contributed by atoms with Crippen LogP contribution in [0.4, 0.5) is 5.69 Å². The van der Waals surface area contributed by atoms with Gasteiger partial charge in [-0.3, -0.25) is 4.98 Å². The second kappa shape index (κ2) is 5.57. The molecular formula is C7H9N3. The molecule has 0 aromatic carbocycles. The molecule has 0 spiro atoms. The average molecular weight is 135 g/mol. The summed E-state index contributed by atoms with van der Waals surface area (Å²) >= 11 is 0. The van der Waals surface area contributed by atoms with E-state index in [4.69, 9.17) is 11.0 Å². The second-order valence-corrected chi connectivity index (χ2v) is 1.51. The van der Waals surface area contributed by atoms with E-state index in [1.54, 1.807) is 30.6 Å². The number of hydrogen-bond donors (Lipinski definition) is 1. The third-order valence-electron chi connectivity index (χ3n) is 0.684. The maximum absolute atomic E-state index is 7.32. The number of aromatic nitrogens is 1. The van der Waals surface area contributed by atoms with Crippen LogP contribution in [0.2, 0.25) is 0 Å². The van der Waals surface area contributed by atoms with Crippen LogP contribution in [0, 0.1) is 11.3 Å². The number of nitrogen functional groups attached to an aromatic ring is 1. The molecule has 0 bridgehead atoms. The highest BCUT2D eigenvalue weighted by Crippen LogP contribution is 1.92. The van der Waals surface area contributed by atoms with E-state index in [0.717, 1.165) is 0 Å². The van der Waals surface area contributed by atoms with Gasteiger partial charge in [-0.15, -0.1) is 0 Å². The molecule has 1 aromatic heterocycles. The predicted molar refractivity (Wildman–Crippen MR) is 39.9 cm³/mol. The van der Waals surface area contributed by atoms with Crippen molar-refractivity contribution in [2.75, 3.05) is 5.73 Å². The van der Waals surface area contributed by atoms with Crippen molar-refractivity contribution in [1.29, 1.82) is 5.26 Å². The summed E-state index contributed by atoms with van der Waals surface area (Å²) in [5.74, 6) is 0. The summed E-state index contributed by atoms with van der Waals surface area (Å²) in [6, 6.07) is 5.35. The number of pyridine rings is 1. The van der Waals surface area contributed by atoms with Gasteiger partial charge in [-0.25, -0.2) is 0 Å². The summed E-state index contributed by atoms with van der Waals surface area (Å²) in [6.45, 7) is 1.43. The molecule has 0 fully saturated rings. The van der Waals surface area contributed by atoms with E-state index in [0.29, 0.717) is 5.69 Å². The molecule has 0 aliphatic rings. The molecular weight excluding hydrogens is 126 g/mol. The molecule has 0 aliphatic heterocycles. The zero-order chi connectivity index (χ0) is 7.82. The summed E-state index contributed by atoms with van der Waals surface area (Å²) in [5, 5.41) is 7.32. The summed E-state index contributed by atoms with van der Waals surface area (Å²) < 4.78 is 0. The summed E-state index contributed by atoms with van der Waals surface area (Å²) in [7, 11) is 0. The first kappa shape index (κ1) is 8.44. The molecule has 3 heteroatoms. The maximum Gasteiger partial charge on any atom is 0.0587 e. The first-order valence-corrected chi connectivity index (χ1v) is 2.77. The molecule has 0 saturated carbocycles. The second-order valence-electron chi connectivity index (χ2n) is 1.51. The Morgan fingerprint density at radius 2 is 2.30 bits per heavy atom. The number of rotatable bonds is 0. The molecule has 1 aromatic rings. The van der Waals surface area contributed by atoms with Crippen molar-refractivity contribution in [3.8, 4) is 6.07 Å². The Morgan fingerprint density at radius 1 is 1.70 bits per heavy atom. The van der Waals surface area contributed by atoms with Crippen molar-refractivity contribution in [2.45, 2.75) is 6.92 Å². The highest BCUT2D eigenvalue weighted by Gasteiger charge is 1.73. The summed E-state index contributed by atoms with van der Waals surface area (Å²) in [5.41, 5.74) is 6.01. The molecule has 0 saturated heterocycles. The fraction of sp³-hybridized carbons (Fsp3) is 0.143. The quantitative estimate of drug-likeness (QED) is 0.581. The van der Waals surface area contributed by atoms with Crippen LogP contribution in [0.1, 0.15) is 6.92 Å². The smallest absolute Gasteiger partial charge is 0.0587 e. The minimum Gasteiger partial charge on any atom is -0.397 e. The molecule has 0 radical (unpaired) electrons. The molecule has 0 aliphatic carbocycles. The molecule has 1 heterocycles. The Bertz CT molecular complexity index is 200. The van der Waals surface area contributed by atoms with E-state index in [2.05, 4.69) is 4.98 Å². The van der Waals surface area contributed by atoms with Crippen molar-refractivity contribution in [3.63, 3.8) is 0 Å². The molecule has 10 heavy (non-hydrogen) atoms. The standard InChI is InChI=1S/C5H6N2.C2H3N/c6-5-2-1-3-7-4-5;1-2-3/h1-4H,6H2;1H3. The maximum atomic E-state index is 7.32. The van der Waals surface area contributed by atoms with Gasteiger partial charge in [-0.05, 0) is 12.1 Å². The molecule has 3 nitrogen and oxygen atoms in total. The minimum atomic E-state index is 0.711. The van der Waals surface area contributed by atoms with Gasteiger partial charge in [0.25, 0.3) is 0 Å². The van der Waals surface area contributed by atoms with E-state index < -0.39 is 0 Å². The monoisotopic (exact) mass is 135 g/mol. The SMILES string of the molecule is CC#N.Nc1cccnc1. The molecule has 1 rings (SSSR count). The topological polar surface area (TPSA) is 62.7 Å². The molecule has 0 amide bonds. The van der Waals surface area contributed by atoms with Gasteiger partial charge in [0, 0.05) is 19.3 Å². The average Bonchev–Trinajstić information content (AvgIpc) is 1.91. The third kappa shape index (κ3) is 4.60. The number of anilines is 1. The van der Waals surface area contributed by atoms with Gasteiger partial charge < -0.3 is 5.73 Å². The normalized spacial score (nSPS) is 6.80. The summed E-state index contributed by atoms with van der Waals surface area (Å²) in [4.78, 5) is 3.76. The third-order valence-corrected chi connectivity index (χ3v) is 0.684.